The van der Waals surface area contributed by atoms with Gasteiger partial charge in [-0.05, 0) is 25.1 Å². The second kappa shape index (κ2) is 7.89. The predicted molar refractivity (Wildman–Crippen MR) is 76.9 cm³/mol. The van der Waals surface area contributed by atoms with Crippen molar-refractivity contribution < 1.29 is 23.9 Å². The molecule has 0 bridgehead atoms. The molecule has 0 fully saturated rings. The van der Waals surface area contributed by atoms with E-state index in [0.29, 0.717) is 5.56 Å². The third-order valence-corrected chi connectivity index (χ3v) is 2.43. The topological polar surface area (TPSA) is 81.7 Å². The van der Waals surface area contributed by atoms with Crippen LogP contribution in [0.3, 0.4) is 0 Å². The van der Waals surface area contributed by atoms with E-state index in [4.69, 9.17) is 12.6 Å². The highest BCUT2D eigenvalue weighted by Crippen LogP contribution is 2.20. The van der Waals surface area contributed by atoms with Crippen molar-refractivity contribution in [3.63, 3.8) is 0 Å². The van der Waals surface area contributed by atoms with Crippen LogP contribution in [0, 0.1) is 0 Å². The van der Waals surface area contributed by atoms with E-state index in [0.717, 1.165) is 6.08 Å². The summed E-state index contributed by atoms with van der Waals surface area (Å²) in [5, 5.41) is 2.29. The molecule has 0 aromatic heterocycles. The van der Waals surface area contributed by atoms with Gasteiger partial charge in [-0.2, -0.15) is 0 Å². The third kappa shape index (κ3) is 5.52. The smallest absolute Gasteiger partial charge is 0.407 e. The fourth-order valence-electron chi connectivity index (χ4n) is 1.37. The van der Waals surface area contributed by atoms with E-state index in [1.807, 2.05) is 0 Å². The second-order valence-corrected chi connectivity index (χ2v) is 4.05. The zero-order chi connectivity index (χ0) is 15.8. The number of para-hydroxylation sites is 1. The van der Waals surface area contributed by atoms with Gasteiger partial charge in [0, 0.05) is 5.56 Å². The summed E-state index contributed by atoms with van der Waals surface area (Å²) in [6, 6.07) is 5.71. The van der Waals surface area contributed by atoms with Gasteiger partial charge in [0.05, 0.1) is 12.8 Å². The van der Waals surface area contributed by atoms with Crippen molar-refractivity contribution >= 4 is 31.7 Å². The fourth-order valence-corrected chi connectivity index (χ4v) is 1.37. The van der Waals surface area contributed by atoms with Crippen LogP contribution in [0.4, 0.5) is 4.79 Å². The zero-order valence-corrected chi connectivity index (χ0v) is 11.7. The van der Waals surface area contributed by atoms with Crippen LogP contribution >= 0.6 is 0 Å². The van der Waals surface area contributed by atoms with Crippen molar-refractivity contribution in [2.24, 2.45) is 0 Å². The normalized spacial score (nSPS) is 11.7. The Kier molecular flexibility index (Phi) is 6.19. The molecule has 2 radical (unpaired) electrons. The van der Waals surface area contributed by atoms with Crippen molar-refractivity contribution in [2.75, 3.05) is 7.11 Å². The van der Waals surface area contributed by atoms with Crippen LogP contribution in [0.25, 0.3) is 6.08 Å². The van der Waals surface area contributed by atoms with E-state index in [9.17, 15) is 14.4 Å². The molecule has 1 N–H and O–H groups in total. The van der Waals surface area contributed by atoms with Gasteiger partial charge in [-0.25, -0.2) is 9.59 Å². The minimum Gasteiger partial charge on any atom is -0.453 e. The first kappa shape index (κ1) is 16.5. The molecule has 0 aliphatic carbocycles. The largest absolute Gasteiger partial charge is 0.453 e. The molecule has 1 aromatic carbocycles. The number of amides is 1. The number of rotatable bonds is 5. The number of carbonyl (C=O) groups is 3. The number of nitrogens with one attached hydrogen (secondary N) is 1. The summed E-state index contributed by atoms with van der Waals surface area (Å²) < 4.78 is 9.56. The maximum Gasteiger partial charge on any atom is 0.407 e. The molecule has 1 atom stereocenters. The molecule has 1 rings (SSSR count). The molecule has 0 saturated carbocycles. The van der Waals surface area contributed by atoms with Crippen LogP contribution in [-0.4, -0.2) is 38.7 Å². The van der Waals surface area contributed by atoms with Crippen molar-refractivity contribution in [2.45, 2.75) is 13.0 Å². The van der Waals surface area contributed by atoms with Crippen molar-refractivity contribution in [1.29, 1.82) is 0 Å². The molecule has 108 valence electrons. The standard InChI is InChI=1S/C14H14BNO5/c1-9(16-14(19)20-2)13(18)21-11-6-4-3-5-10(11)7-8-12(15)17/h3-9H,1-2H3,(H,16,19)/b8-7-. The summed E-state index contributed by atoms with van der Waals surface area (Å²) in [6.07, 6.45) is 1.85. The number of alkyl carbamates (subject to hydrolysis) is 1. The third-order valence-electron chi connectivity index (χ3n) is 2.43. The van der Waals surface area contributed by atoms with Crippen molar-refractivity contribution in [3.8, 4) is 5.75 Å². The van der Waals surface area contributed by atoms with E-state index in [-0.39, 0.29) is 5.75 Å². The van der Waals surface area contributed by atoms with Gasteiger partial charge in [0.25, 0.3) is 0 Å². The highest BCUT2D eigenvalue weighted by Gasteiger charge is 2.18. The lowest BCUT2D eigenvalue weighted by Gasteiger charge is -2.13. The van der Waals surface area contributed by atoms with E-state index in [1.54, 1.807) is 24.3 Å². The van der Waals surface area contributed by atoms with Crippen molar-refractivity contribution in [3.05, 3.63) is 35.9 Å². The Morgan fingerprint density at radius 3 is 2.57 bits per heavy atom. The van der Waals surface area contributed by atoms with Gasteiger partial charge < -0.3 is 19.6 Å². The number of benzene rings is 1. The summed E-state index contributed by atoms with van der Waals surface area (Å²) in [6.45, 7) is 1.46. The van der Waals surface area contributed by atoms with E-state index in [1.165, 1.54) is 20.1 Å². The van der Waals surface area contributed by atoms with Gasteiger partial charge in [0.1, 0.15) is 11.8 Å². The van der Waals surface area contributed by atoms with Crippen LogP contribution in [0.2, 0.25) is 0 Å². The molecule has 0 aliphatic rings. The molecule has 6 nitrogen and oxygen atoms in total. The minimum absolute atomic E-state index is 0.249. The lowest BCUT2D eigenvalue weighted by atomic mass is 10.0. The summed E-state index contributed by atoms with van der Waals surface area (Å²) in [7, 11) is 6.21. The molecule has 7 heteroatoms. The first-order valence-electron chi connectivity index (χ1n) is 6.06. The second-order valence-electron chi connectivity index (χ2n) is 4.05. The number of hydrogen-bond donors (Lipinski definition) is 1. The molecular weight excluding hydrogens is 273 g/mol. The highest BCUT2D eigenvalue weighted by molar-refractivity contribution is 6.61. The average molecular weight is 287 g/mol. The lowest BCUT2D eigenvalue weighted by Crippen LogP contribution is -2.40. The number of carbonyl (C=O) groups excluding carboxylic acids is 3. The van der Waals surface area contributed by atoms with Crippen LogP contribution < -0.4 is 10.1 Å². The van der Waals surface area contributed by atoms with Crippen LogP contribution in [0.1, 0.15) is 12.5 Å². The summed E-state index contributed by atoms with van der Waals surface area (Å²) >= 11 is 0. The molecule has 0 aliphatic heterocycles. The van der Waals surface area contributed by atoms with E-state index >= 15 is 0 Å². The van der Waals surface area contributed by atoms with E-state index in [2.05, 4.69) is 10.1 Å². The first-order chi connectivity index (χ1) is 9.93. The van der Waals surface area contributed by atoms with Gasteiger partial charge in [0.15, 0.2) is 7.85 Å². The van der Waals surface area contributed by atoms with Gasteiger partial charge in [-0.3, -0.25) is 0 Å². The van der Waals surface area contributed by atoms with Crippen LogP contribution in [-0.2, 0) is 14.3 Å². The Bertz CT molecular complexity index is 570. The Morgan fingerprint density at radius 1 is 1.29 bits per heavy atom. The average Bonchev–Trinajstić information content (AvgIpc) is 2.45. The summed E-state index contributed by atoms with van der Waals surface area (Å²) in [4.78, 5) is 33.6. The predicted octanol–water partition coefficient (Wildman–Crippen LogP) is 1.04. The Balaban J connectivity index is 2.80. The maximum atomic E-state index is 11.8. The van der Waals surface area contributed by atoms with Gasteiger partial charge >= 0.3 is 12.1 Å². The number of ether oxygens (including phenoxy) is 2. The summed E-state index contributed by atoms with van der Waals surface area (Å²) in [5.74, 6) is -0.418. The number of methoxy groups -OCH3 is 1. The SMILES string of the molecule is [B]C(=O)/C=C\c1ccccc1OC(=O)C(C)NC(=O)OC. The molecule has 1 unspecified atom stereocenters. The van der Waals surface area contributed by atoms with Crippen LogP contribution in [0.15, 0.2) is 30.3 Å². The zero-order valence-electron chi connectivity index (χ0n) is 11.7. The number of esters is 1. The molecule has 1 aromatic rings. The molecule has 1 amide bonds. The van der Waals surface area contributed by atoms with Crippen molar-refractivity contribution in [1.82, 2.24) is 5.32 Å². The number of allylic oxidation sites excluding steroid dienone is 1. The van der Waals surface area contributed by atoms with Gasteiger partial charge in [-0.1, -0.05) is 18.2 Å². The monoisotopic (exact) mass is 287 g/mol. The molecule has 0 saturated heterocycles. The highest BCUT2D eigenvalue weighted by atomic mass is 16.5. The van der Waals surface area contributed by atoms with E-state index < -0.39 is 23.8 Å². The molecular formula is C14H14BNO5. The molecule has 0 spiro atoms. The Labute approximate surface area is 123 Å². The summed E-state index contributed by atoms with van der Waals surface area (Å²) in [5.41, 5.74) is -0.105. The molecule has 0 heterocycles. The lowest BCUT2D eigenvalue weighted by molar-refractivity contribution is -0.136. The minimum atomic E-state index is -0.884. The Morgan fingerprint density at radius 2 is 1.95 bits per heavy atom. The Hall–Kier alpha value is -2.57. The maximum absolute atomic E-state index is 11.8. The van der Waals surface area contributed by atoms with Gasteiger partial charge in [0.2, 0.25) is 0 Å². The quantitative estimate of drug-likeness (QED) is 0.379. The molecule has 21 heavy (non-hydrogen) atoms. The number of hydrogen-bond acceptors (Lipinski definition) is 5. The van der Waals surface area contributed by atoms with Crippen LogP contribution in [0.5, 0.6) is 5.75 Å². The van der Waals surface area contributed by atoms with Gasteiger partial charge in [-0.15, -0.1) is 0 Å². The fraction of sp³-hybridized carbons (Fsp3) is 0.214. The first-order valence-corrected chi connectivity index (χ1v) is 6.06.